The number of likely N-dealkylation sites (tertiary alicyclic amines) is 1. The van der Waals surface area contributed by atoms with E-state index in [1.807, 2.05) is 0 Å². The number of amides is 2. The smallest absolute Gasteiger partial charge is 0.241 e. The van der Waals surface area contributed by atoms with Crippen molar-refractivity contribution in [3.05, 3.63) is 0 Å². The van der Waals surface area contributed by atoms with Gasteiger partial charge in [-0.25, -0.2) is 12.7 Å². The highest BCUT2D eigenvalue weighted by molar-refractivity contribution is 7.90. The first-order valence-corrected chi connectivity index (χ1v) is 9.75. The zero-order valence-corrected chi connectivity index (χ0v) is 14.6. The fourth-order valence-electron chi connectivity index (χ4n) is 3.56. The number of rotatable bonds is 4. The van der Waals surface area contributed by atoms with Gasteiger partial charge in [0.2, 0.25) is 21.8 Å². The molecule has 2 saturated heterocycles. The van der Waals surface area contributed by atoms with Crippen molar-refractivity contribution in [3.8, 4) is 0 Å². The van der Waals surface area contributed by atoms with Crippen LogP contribution in [0, 0.1) is 5.41 Å². The predicted molar refractivity (Wildman–Crippen MR) is 85.1 cm³/mol. The molecule has 3 rings (SSSR count). The first-order chi connectivity index (χ1) is 10.8. The standard InChI is InChI=1S/C15H25N3O4S/c1-16(2)13(19)11-17-8-5-15(14(17)20)6-9-18(10-7-15)23(21,22)12-3-4-12/h12H,3-11H2,1-2H3. The first-order valence-electron chi connectivity index (χ1n) is 8.25. The molecule has 3 aliphatic rings. The molecule has 0 unspecified atom stereocenters. The van der Waals surface area contributed by atoms with E-state index in [1.165, 1.54) is 4.90 Å². The Morgan fingerprint density at radius 3 is 2.26 bits per heavy atom. The summed E-state index contributed by atoms with van der Waals surface area (Å²) in [6.45, 7) is 1.57. The van der Waals surface area contributed by atoms with E-state index in [0.717, 1.165) is 19.3 Å². The third-order valence-electron chi connectivity index (χ3n) is 5.41. The van der Waals surface area contributed by atoms with Crippen molar-refractivity contribution in [2.24, 2.45) is 5.41 Å². The van der Waals surface area contributed by atoms with Gasteiger partial charge in [0.05, 0.1) is 17.2 Å². The van der Waals surface area contributed by atoms with Gasteiger partial charge in [0.15, 0.2) is 0 Å². The molecule has 3 fully saturated rings. The number of likely N-dealkylation sites (N-methyl/N-ethyl adjacent to an activating group) is 1. The number of carbonyl (C=O) groups is 2. The Labute approximate surface area is 137 Å². The van der Waals surface area contributed by atoms with Crippen LogP contribution in [-0.4, -0.2) is 79.9 Å². The van der Waals surface area contributed by atoms with Crippen LogP contribution in [0.3, 0.4) is 0 Å². The molecular weight excluding hydrogens is 318 g/mol. The SMILES string of the molecule is CN(C)C(=O)CN1CCC2(CCN(S(=O)(=O)C3CC3)CC2)C1=O. The van der Waals surface area contributed by atoms with Gasteiger partial charge in [-0.15, -0.1) is 0 Å². The van der Waals surface area contributed by atoms with Gasteiger partial charge in [0.1, 0.15) is 0 Å². The Bertz CT molecular complexity index is 604. The molecule has 0 N–H and O–H groups in total. The van der Waals surface area contributed by atoms with E-state index in [1.54, 1.807) is 23.3 Å². The summed E-state index contributed by atoms with van der Waals surface area (Å²) in [5.41, 5.74) is -0.456. The van der Waals surface area contributed by atoms with E-state index < -0.39 is 15.4 Å². The third kappa shape index (κ3) is 2.98. The summed E-state index contributed by atoms with van der Waals surface area (Å²) < 4.78 is 26.2. The minimum Gasteiger partial charge on any atom is -0.347 e. The molecule has 130 valence electrons. The number of sulfonamides is 1. The lowest BCUT2D eigenvalue weighted by Crippen LogP contribution is -2.48. The number of hydrogen-bond acceptors (Lipinski definition) is 4. The first kappa shape index (κ1) is 16.7. The van der Waals surface area contributed by atoms with Gasteiger partial charge in [-0.1, -0.05) is 0 Å². The van der Waals surface area contributed by atoms with Crippen molar-refractivity contribution in [1.29, 1.82) is 0 Å². The van der Waals surface area contributed by atoms with E-state index in [4.69, 9.17) is 0 Å². The van der Waals surface area contributed by atoms with Gasteiger partial charge >= 0.3 is 0 Å². The molecule has 2 amide bonds. The molecule has 1 aliphatic carbocycles. The van der Waals surface area contributed by atoms with Crippen LogP contribution in [0.2, 0.25) is 0 Å². The number of nitrogens with zero attached hydrogens (tertiary/aromatic N) is 3. The van der Waals surface area contributed by atoms with Crippen LogP contribution in [0.15, 0.2) is 0 Å². The zero-order valence-electron chi connectivity index (χ0n) is 13.8. The summed E-state index contributed by atoms with van der Waals surface area (Å²) in [5.74, 6) is -0.0553. The summed E-state index contributed by atoms with van der Waals surface area (Å²) in [6.07, 6.45) is 3.41. The Balaban J connectivity index is 1.62. The molecule has 2 heterocycles. The van der Waals surface area contributed by atoms with Gasteiger partial charge in [-0.2, -0.15) is 0 Å². The molecule has 0 radical (unpaired) electrons. The van der Waals surface area contributed by atoms with E-state index in [0.29, 0.717) is 32.5 Å². The molecule has 0 aromatic carbocycles. The van der Waals surface area contributed by atoms with E-state index in [-0.39, 0.29) is 23.6 Å². The Morgan fingerprint density at radius 2 is 1.74 bits per heavy atom. The van der Waals surface area contributed by atoms with Gasteiger partial charge in [0.25, 0.3) is 0 Å². The predicted octanol–water partition coefficient (Wildman–Crippen LogP) is -0.119. The lowest BCUT2D eigenvalue weighted by molar-refractivity contribution is -0.142. The number of piperidine rings is 1. The fourth-order valence-corrected chi connectivity index (χ4v) is 5.40. The maximum absolute atomic E-state index is 12.7. The van der Waals surface area contributed by atoms with Crippen molar-refractivity contribution in [3.63, 3.8) is 0 Å². The van der Waals surface area contributed by atoms with Crippen LogP contribution in [0.25, 0.3) is 0 Å². The van der Waals surface area contributed by atoms with E-state index in [2.05, 4.69) is 0 Å². The molecule has 2 aliphatic heterocycles. The van der Waals surface area contributed by atoms with E-state index >= 15 is 0 Å². The second-order valence-electron chi connectivity index (χ2n) is 7.19. The highest BCUT2D eigenvalue weighted by atomic mass is 32.2. The largest absolute Gasteiger partial charge is 0.347 e. The minimum atomic E-state index is -3.15. The fraction of sp³-hybridized carbons (Fsp3) is 0.867. The summed E-state index contributed by atoms with van der Waals surface area (Å²) in [4.78, 5) is 27.7. The average Bonchev–Trinajstić information content (AvgIpc) is 3.32. The summed E-state index contributed by atoms with van der Waals surface area (Å²) in [5, 5.41) is -0.190. The second-order valence-corrected chi connectivity index (χ2v) is 9.40. The molecular formula is C15H25N3O4S. The number of carbonyl (C=O) groups excluding carboxylic acids is 2. The lowest BCUT2D eigenvalue weighted by atomic mass is 9.77. The maximum atomic E-state index is 12.7. The monoisotopic (exact) mass is 343 g/mol. The van der Waals surface area contributed by atoms with Crippen molar-refractivity contribution in [2.75, 3.05) is 40.3 Å². The molecule has 0 aromatic rings. The molecule has 0 bridgehead atoms. The average molecular weight is 343 g/mol. The van der Waals surface area contributed by atoms with Crippen LogP contribution < -0.4 is 0 Å². The molecule has 1 saturated carbocycles. The molecule has 0 atom stereocenters. The van der Waals surface area contributed by atoms with Crippen LogP contribution in [0.1, 0.15) is 32.1 Å². The summed E-state index contributed by atoms with van der Waals surface area (Å²) in [6, 6.07) is 0. The van der Waals surface area contributed by atoms with Crippen molar-refractivity contribution in [2.45, 2.75) is 37.4 Å². The van der Waals surface area contributed by atoms with Gasteiger partial charge in [0, 0.05) is 33.7 Å². The Morgan fingerprint density at radius 1 is 1.17 bits per heavy atom. The molecule has 7 nitrogen and oxygen atoms in total. The quantitative estimate of drug-likeness (QED) is 0.713. The minimum absolute atomic E-state index is 0.0242. The highest BCUT2D eigenvalue weighted by Crippen LogP contribution is 2.43. The normalized spacial score (nSPS) is 25.1. The molecule has 0 aromatic heterocycles. The lowest BCUT2D eigenvalue weighted by Gasteiger charge is -2.37. The summed E-state index contributed by atoms with van der Waals surface area (Å²) in [7, 11) is 0.212. The Hall–Kier alpha value is -1.15. The van der Waals surface area contributed by atoms with Crippen LogP contribution in [-0.2, 0) is 19.6 Å². The summed E-state index contributed by atoms with van der Waals surface area (Å²) >= 11 is 0. The van der Waals surface area contributed by atoms with Gasteiger partial charge < -0.3 is 9.80 Å². The second kappa shape index (κ2) is 5.73. The Kier molecular flexibility index (Phi) is 4.16. The molecule has 8 heteroatoms. The third-order valence-corrected chi connectivity index (χ3v) is 7.81. The van der Waals surface area contributed by atoms with Gasteiger partial charge in [-0.3, -0.25) is 9.59 Å². The number of hydrogen-bond donors (Lipinski definition) is 0. The highest BCUT2D eigenvalue weighted by Gasteiger charge is 2.51. The van der Waals surface area contributed by atoms with Crippen molar-refractivity contribution < 1.29 is 18.0 Å². The maximum Gasteiger partial charge on any atom is 0.241 e. The van der Waals surface area contributed by atoms with Crippen LogP contribution in [0.5, 0.6) is 0 Å². The van der Waals surface area contributed by atoms with Crippen LogP contribution >= 0.6 is 0 Å². The molecule has 1 spiro atoms. The molecule has 23 heavy (non-hydrogen) atoms. The zero-order chi connectivity index (χ0) is 16.8. The van der Waals surface area contributed by atoms with Gasteiger partial charge in [-0.05, 0) is 32.1 Å². The van der Waals surface area contributed by atoms with Crippen LogP contribution in [0.4, 0.5) is 0 Å². The van der Waals surface area contributed by atoms with Crippen molar-refractivity contribution >= 4 is 21.8 Å². The topological polar surface area (TPSA) is 78.0 Å². The van der Waals surface area contributed by atoms with E-state index in [9.17, 15) is 18.0 Å². The van der Waals surface area contributed by atoms with Crippen molar-refractivity contribution in [1.82, 2.24) is 14.1 Å².